The number of hydrogen-bond donors (Lipinski definition) is 1. The summed E-state index contributed by atoms with van der Waals surface area (Å²) in [7, 11) is 1.64. The summed E-state index contributed by atoms with van der Waals surface area (Å²) in [6.45, 7) is 1.08. The second kappa shape index (κ2) is 8.04. The van der Waals surface area contributed by atoms with Crippen molar-refractivity contribution in [1.82, 2.24) is 10.3 Å². The van der Waals surface area contributed by atoms with Gasteiger partial charge < -0.3 is 14.8 Å². The number of rotatable bonds is 4. The summed E-state index contributed by atoms with van der Waals surface area (Å²) >= 11 is 0. The number of ether oxygens (including phenoxy) is 2. The molecule has 1 saturated heterocycles. The number of nitrogens with zero attached hydrogens (tertiary/aromatic N) is 1. The van der Waals surface area contributed by atoms with Gasteiger partial charge in [-0.3, -0.25) is 9.78 Å². The summed E-state index contributed by atoms with van der Waals surface area (Å²) in [5, 5.41) is 3.45. The molecule has 2 heterocycles. The van der Waals surface area contributed by atoms with Gasteiger partial charge in [0.2, 0.25) is 0 Å². The molecule has 1 fully saturated rings. The van der Waals surface area contributed by atoms with Crippen molar-refractivity contribution in [1.29, 1.82) is 0 Å². The maximum absolute atomic E-state index is 14.0. The minimum absolute atomic E-state index is 0.0458. The van der Waals surface area contributed by atoms with Crippen molar-refractivity contribution < 1.29 is 18.7 Å². The molecule has 2 aromatic carbocycles. The fourth-order valence-electron chi connectivity index (χ4n) is 3.47. The van der Waals surface area contributed by atoms with Crippen molar-refractivity contribution in [3.63, 3.8) is 0 Å². The molecule has 144 valence electrons. The number of benzene rings is 2. The van der Waals surface area contributed by atoms with Crippen LogP contribution in [0.3, 0.4) is 0 Å². The minimum Gasteiger partial charge on any atom is -0.379 e. The van der Waals surface area contributed by atoms with Crippen LogP contribution in [-0.4, -0.2) is 43.4 Å². The number of amides is 1. The maximum atomic E-state index is 14.0. The van der Waals surface area contributed by atoms with Crippen molar-refractivity contribution >= 4 is 16.8 Å². The van der Waals surface area contributed by atoms with Gasteiger partial charge in [0.05, 0.1) is 24.3 Å². The third-order valence-corrected chi connectivity index (χ3v) is 5.07. The normalized spacial score (nSPS) is 19.5. The molecule has 0 aliphatic carbocycles. The predicted octanol–water partition coefficient (Wildman–Crippen LogP) is 3.57. The Morgan fingerprint density at radius 1 is 1.21 bits per heavy atom. The van der Waals surface area contributed by atoms with Crippen LogP contribution >= 0.6 is 0 Å². The van der Waals surface area contributed by atoms with E-state index in [1.807, 2.05) is 12.1 Å². The molecule has 0 unspecified atom stereocenters. The quantitative estimate of drug-likeness (QED) is 0.752. The van der Waals surface area contributed by atoms with Gasteiger partial charge in [0.15, 0.2) is 0 Å². The summed E-state index contributed by atoms with van der Waals surface area (Å²) < 4.78 is 24.9. The number of nitrogens with one attached hydrogen (secondary N) is 1. The largest absolute Gasteiger partial charge is 0.379 e. The van der Waals surface area contributed by atoms with E-state index in [1.54, 1.807) is 43.6 Å². The lowest BCUT2D eigenvalue weighted by molar-refractivity contribution is -0.0349. The maximum Gasteiger partial charge on any atom is 0.251 e. The van der Waals surface area contributed by atoms with Gasteiger partial charge in [0.25, 0.3) is 5.91 Å². The van der Waals surface area contributed by atoms with Crippen LogP contribution in [0.1, 0.15) is 16.8 Å². The Bertz CT molecular complexity index is 991. The second-order valence-electron chi connectivity index (χ2n) is 6.83. The molecule has 1 amide bonds. The van der Waals surface area contributed by atoms with Crippen LogP contribution in [0.2, 0.25) is 0 Å². The minimum atomic E-state index is -0.301. The summed E-state index contributed by atoms with van der Waals surface area (Å²) in [6.07, 6.45) is 2.42. The van der Waals surface area contributed by atoms with Gasteiger partial charge in [0.1, 0.15) is 5.82 Å². The fraction of sp³-hybridized carbons (Fsp3) is 0.273. The highest BCUT2D eigenvalue weighted by Gasteiger charge is 2.27. The Hall–Kier alpha value is -2.83. The third-order valence-electron chi connectivity index (χ3n) is 5.07. The second-order valence-corrected chi connectivity index (χ2v) is 6.83. The average molecular weight is 380 g/mol. The molecule has 0 saturated carbocycles. The summed E-state index contributed by atoms with van der Waals surface area (Å²) in [4.78, 5) is 16.9. The van der Waals surface area contributed by atoms with Gasteiger partial charge in [-0.1, -0.05) is 18.2 Å². The van der Waals surface area contributed by atoms with Crippen molar-refractivity contribution in [2.24, 2.45) is 0 Å². The highest BCUT2D eigenvalue weighted by atomic mass is 19.1. The van der Waals surface area contributed by atoms with Crippen LogP contribution in [0.15, 0.2) is 54.7 Å². The topological polar surface area (TPSA) is 60.5 Å². The number of carbonyl (C=O) groups is 1. The molecule has 2 atom stereocenters. The van der Waals surface area contributed by atoms with E-state index >= 15 is 0 Å². The first kappa shape index (κ1) is 18.5. The first-order chi connectivity index (χ1) is 13.7. The Balaban J connectivity index is 1.52. The van der Waals surface area contributed by atoms with Gasteiger partial charge in [-0.25, -0.2) is 4.39 Å². The molecule has 0 radical (unpaired) electrons. The number of methoxy groups -OCH3 is 1. The lowest BCUT2D eigenvalue weighted by Gasteiger charge is -2.31. The Morgan fingerprint density at radius 2 is 2.04 bits per heavy atom. The molecule has 1 N–H and O–H groups in total. The average Bonchev–Trinajstić information content (AvgIpc) is 2.74. The number of hydrogen-bond acceptors (Lipinski definition) is 4. The number of halogens is 1. The molecule has 1 aliphatic rings. The van der Waals surface area contributed by atoms with Crippen LogP contribution in [0, 0.1) is 5.82 Å². The van der Waals surface area contributed by atoms with Crippen molar-refractivity contribution in [2.75, 3.05) is 20.3 Å². The van der Waals surface area contributed by atoms with Crippen LogP contribution < -0.4 is 5.32 Å². The molecule has 5 nitrogen and oxygen atoms in total. The van der Waals surface area contributed by atoms with Gasteiger partial charge in [0, 0.05) is 36.4 Å². The highest BCUT2D eigenvalue weighted by molar-refractivity contribution is 5.95. The van der Waals surface area contributed by atoms with Gasteiger partial charge in [-0.15, -0.1) is 0 Å². The molecule has 6 heteroatoms. The van der Waals surface area contributed by atoms with Crippen molar-refractivity contribution in [3.8, 4) is 11.1 Å². The number of pyridine rings is 1. The smallest absolute Gasteiger partial charge is 0.251 e. The Kier molecular flexibility index (Phi) is 5.32. The highest BCUT2D eigenvalue weighted by Crippen LogP contribution is 2.24. The van der Waals surface area contributed by atoms with E-state index in [4.69, 9.17) is 9.47 Å². The molecule has 3 aromatic rings. The van der Waals surface area contributed by atoms with E-state index in [-0.39, 0.29) is 23.9 Å². The van der Waals surface area contributed by atoms with E-state index in [1.165, 1.54) is 6.07 Å². The molecular formula is C22H21FN2O3. The zero-order valence-corrected chi connectivity index (χ0v) is 15.5. The van der Waals surface area contributed by atoms with Crippen LogP contribution in [-0.2, 0) is 9.47 Å². The molecule has 1 aliphatic heterocycles. The van der Waals surface area contributed by atoms with E-state index in [0.717, 1.165) is 17.5 Å². The number of fused-ring (bicyclic) bond motifs is 1. The van der Waals surface area contributed by atoms with Crippen LogP contribution in [0.4, 0.5) is 4.39 Å². The first-order valence-corrected chi connectivity index (χ1v) is 9.22. The summed E-state index contributed by atoms with van der Waals surface area (Å²) in [5.74, 6) is -0.475. The molecule has 0 spiro atoms. The monoisotopic (exact) mass is 380 g/mol. The van der Waals surface area contributed by atoms with E-state index in [2.05, 4.69) is 10.3 Å². The van der Waals surface area contributed by atoms with Crippen molar-refractivity contribution in [3.05, 3.63) is 66.1 Å². The summed E-state index contributed by atoms with van der Waals surface area (Å²) in [5.41, 5.74) is 2.82. The van der Waals surface area contributed by atoms with Gasteiger partial charge in [-0.05, 0) is 42.3 Å². The zero-order chi connectivity index (χ0) is 19.5. The zero-order valence-electron chi connectivity index (χ0n) is 15.5. The molecular weight excluding hydrogens is 359 g/mol. The van der Waals surface area contributed by atoms with Gasteiger partial charge >= 0.3 is 0 Å². The predicted molar refractivity (Wildman–Crippen MR) is 105 cm³/mol. The standard InChI is InChI=1S/C22H21FN2O3/c1-27-21-9-10-28-13-20(21)25-22(26)15-7-5-14(6-8-15)16-11-17-18(23)3-2-4-19(17)24-12-16/h2-8,11-12,20-21H,9-10,13H2,1H3,(H,25,26)/t20-,21-/m1/s1. The molecule has 1 aromatic heterocycles. The molecule has 0 bridgehead atoms. The molecule has 4 rings (SSSR count). The third kappa shape index (κ3) is 3.74. The number of aromatic nitrogens is 1. The Morgan fingerprint density at radius 3 is 2.82 bits per heavy atom. The fourth-order valence-corrected chi connectivity index (χ4v) is 3.47. The Labute approximate surface area is 162 Å². The van der Waals surface area contributed by atoms with Gasteiger partial charge in [-0.2, -0.15) is 0 Å². The van der Waals surface area contributed by atoms with E-state index in [9.17, 15) is 9.18 Å². The lowest BCUT2D eigenvalue weighted by atomic mass is 10.0. The first-order valence-electron chi connectivity index (χ1n) is 9.22. The van der Waals surface area contributed by atoms with E-state index in [0.29, 0.717) is 29.7 Å². The van der Waals surface area contributed by atoms with Crippen LogP contribution in [0.25, 0.3) is 22.0 Å². The lowest BCUT2D eigenvalue weighted by Crippen LogP contribution is -2.50. The van der Waals surface area contributed by atoms with E-state index < -0.39 is 0 Å². The SMILES string of the molecule is CO[C@@H]1CCOC[C@H]1NC(=O)c1ccc(-c2cnc3cccc(F)c3c2)cc1. The van der Waals surface area contributed by atoms with Crippen molar-refractivity contribution in [2.45, 2.75) is 18.6 Å². The summed E-state index contributed by atoms with van der Waals surface area (Å²) in [6, 6.07) is 13.6. The number of carbonyl (C=O) groups excluding carboxylic acids is 1. The van der Waals surface area contributed by atoms with Crippen LogP contribution in [0.5, 0.6) is 0 Å². The molecule has 28 heavy (non-hydrogen) atoms.